The van der Waals surface area contributed by atoms with Gasteiger partial charge < -0.3 is 45.4 Å². The maximum atomic E-state index is 14.7. The monoisotopic (exact) mass is 797 g/mol. The van der Waals surface area contributed by atoms with Gasteiger partial charge in [0.2, 0.25) is 0 Å². The fraction of sp³-hybridized carbons (Fsp3) is 0.400. The van der Waals surface area contributed by atoms with Crippen LogP contribution in [0.1, 0.15) is 55.2 Å². The molecule has 11 rings (SSSR count). The molecule has 9 heterocycles. The number of aliphatic imine (C=N–C) groups is 1. The van der Waals surface area contributed by atoms with Crippen LogP contribution in [0.15, 0.2) is 86.3 Å². The number of nitrogens with zero attached hydrogens (tertiary/aromatic N) is 4. The van der Waals surface area contributed by atoms with E-state index in [1.54, 1.807) is 19.1 Å². The number of epoxide rings is 1. The first-order valence-corrected chi connectivity index (χ1v) is 20.2. The summed E-state index contributed by atoms with van der Waals surface area (Å²) >= 11 is 0. The Bertz CT molecular complexity index is 2630. The fourth-order valence-electron chi connectivity index (χ4n) is 10.3. The zero-order chi connectivity index (χ0) is 41.0. The number of aromatic nitrogens is 2. The van der Waals surface area contributed by atoms with Crippen molar-refractivity contribution in [2.75, 3.05) is 31.6 Å². The predicted octanol–water partition coefficient (Wildman–Crippen LogP) is 5.07. The molecule has 6 N–H and O–H groups in total. The molecule has 14 heteroatoms. The number of hydrogen-bond acceptors (Lipinski definition) is 14. The Balaban J connectivity index is 0.934. The molecule has 304 valence electrons. The van der Waals surface area contributed by atoms with E-state index in [4.69, 9.17) is 30.1 Å². The topological polar surface area (TPSA) is 204 Å². The summed E-state index contributed by atoms with van der Waals surface area (Å²) in [6, 6.07) is 10.7. The number of esters is 1. The molecule has 3 aromatic heterocycles. The van der Waals surface area contributed by atoms with Crippen molar-refractivity contribution in [3.63, 3.8) is 0 Å². The third kappa shape index (κ3) is 6.19. The van der Waals surface area contributed by atoms with Crippen LogP contribution in [-0.4, -0.2) is 75.7 Å². The number of ether oxygens (including phenoxy) is 3. The van der Waals surface area contributed by atoms with Crippen molar-refractivity contribution >= 4 is 34.8 Å². The number of carbonyl (C=O) groups excluding carboxylic acids is 1. The molecule has 7 atom stereocenters. The molecule has 59 heavy (non-hydrogen) atoms. The number of aromatic hydroxyl groups is 1. The molecular weight excluding hydrogens is 751 g/mol. The van der Waals surface area contributed by atoms with E-state index in [1.165, 1.54) is 11.6 Å². The van der Waals surface area contributed by atoms with E-state index in [9.17, 15) is 14.7 Å². The molecule has 1 spiro atoms. The Morgan fingerprint density at radius 2 is 1.88 bits per heavy atom. The normalized spacial score (nSPS) is 28.3. The zero-order valence-electron chi connectivity index (χ0n) is 33.4. The van der Waals surface area contributed by atoms with Crippen molar-refractivity contribution < 1.29 is 28.5 Å². The minimum atomic E-state index is -1.21. The first-order chi connectivity index (χ1) is 28.3. The zero-order valence-corrected chi connectivity index (χ0v) is 33.4. The van der Waals surface area contributed by atoms with Crippen molar-refractivity contribution in [1.82, 2.24) is 20.2 Å². The number of phenolic OH excluding ortho intramolecular Hbond substituents is 1. The van der Waals surface area contributed by atoms with Gasteiger partial charge in [-0.15, -0.1) is 0 Å². The van der Waals surface area contributed by atoms with E-state index >= 15 is 0 Å². The highest BCUT2D eigenvalue weighted by Gasteiger charge is 2.70. The van der Waals surface area contributed by atoms with Gasteiger partial charge in [-0.3, -0.25) is 9.79 Å². The first kappa shape index (κ1) is 37.3. The Morgan fingerprint density at radius 1 is 1.05 bits per heavy atom. The predicted molar refractivity (Wildman–Crippen MR) is 222 cm³/mol. The number of phenols is 1. The number of rotatable bonds is 8. The smallest absolute Gasteiger partial charge is 0.342 e. The van der Waals surface area contributed by atoms with Gasteiger partial charge in [-0.25, -0.2) is 14.8 Å². The number of allylic oxidation sites excluding steroid dienone is 2. The van der Waals surface area contributed by atoms with Gasteiger partial charge in [0.1, 0.15) is 51.6 Å². The molecule has 4 aromatic rings. The molecule has 0 amide bonds. The maximum Gasteiger partial charge on any atom is 0.342 e. The highest BCUT2D eigenvalue weighted by molar-refractivity contribution is 5.88. The number of nitrogen functional groups attached to an aromatic ring is 2. The molecule has 14 nitrogen and oxygen atoms in total. The third-order valence-corrected chi connectivity index (χ3v) is 12.9. The summed E-state index contributed by atoms with van der Waals surface area (Å²) in [6.07, 6.45) is 10.7. The first-order valence-electron chi connectivity index (χ1n) is 20.2. The molecule has 2 saturated heterocycles. The van der Waals surface area contributed by atoms with Crippen LogP contribution in [0.2, 0.25) is 0 Å². The minimum absolute atomic E-state index is 0.0394. The van der Waals surface area contributed by atoms with Gasteiger partial charge in [0, 0.05) is 59.6 Å². The Labute approximate surface area is 340 Å². The van der Waals surface area contributed by atoms with Gasteiger partial charge in [0.25, 0.3) is 0 Å². The molecule has 0 radical (unpaired) electrons. The number of pyridine rings is 2. The number of carbonyl (C=O) groups is 1. The average molecular weight is 798 g/mol. The highest BCUT2D eigenvalue weighted by atomic mass is 16.7. The van der Waals surface area contributed by atoms with Crippen LogP contribution in [0.3, 0.4) is 0 Å². The van der Waals surface area contributed by atoms with Gasteiger partial charge in [-0.05, 0) is 101 Å². The number of aryl methyl sites for hydroxylation is 2. The molecule has 2 bridgehead atoms. The van der Waals surface area contributed by atoms with Gasteiger partial charge >= 0.3 is 5.97 Å². The van der Waals surface area contributed by atoms with E-state index in [0.29, 0.717) is 66.8 Å². The van der Waals surface area contributed by atoms with Crippen LogP contribution in [0.5, 0.6) is 11.5 Å². The van der Waals surface area contributed by atoms with Crippen molar-refractivity contribution in [3.8, 4) is 22.8 Å². The number of nitrogens with two attached hydrogens (primary N) is 2. The summed E-state index contributed by atoms with van der Waals surface area (Å²) in [5.74, 6) is 0.0362. The minimum Gasteiger partial charge on any atom is -0.507 e. The number of hydrogen-bond donors (Lipinski definition) is 4. The number of benzene rings is 1. The molecule has 7 aliphatic rings. The molecule has 1 aromatic carbocycles. The van der Waals surface area contributed by atoms with Crippen LogP contribution in [0, 0.1) is 24.7 Å². The number of nitrogens with one attached hydrogen (secondary N) is 1. The van der Waals surface area contributed by atoms with Crippen LogP contribution >= 0.6 is 0 Å². The van der Waals surface area contributed by atoms with E-state index in [0.717, 1.165) is 29.1 Å². The van der Waals surface area contributed by atoms with Crippen molar-refractivity contribution in [3.05, 3.63) is 105 Å². The van der Waals surface area contributed by atoms with E-state index < -0.39 is 35.3 Å². The van der Waals surface area contributed by atoms with Crippen LogP contribution in [0.4, 0.5) is 11.6 Å². The van der Waals surface area contributed by atoms with Gasteiger partial charge in [-0.1, -0.05) is 12.2 Å². The summed E-state index contributed by atoms with van der Waals surface area (Å²) in [5, 5.41) is 15.3. The van der Waals surface area contributed by atoms with E-state index in [1.807, 2.05) is 57.6 Å². The molecular formula is C45H47N7O7. The van der Waals surface area contributed by atoms with E-state index in [2.05, 4.69) is 37.3 Å². The van der Waals surface area contributed by atoms with Crippen LogP contribution < -0.4 is 26.9 Å². The second kappa shape index (κ2) is 13.5. The fourth-order valence-corrected chi connectivity index (χ4v) is 10.3. The molecule has 1 aliphatic carbocycles. The maximum absolute atomic E-state index is 14.7. The summed E-state index contributed by atoms with van der Waals surface area (Å²) < 4.78 is 25.6. The number of fused-ring (bicyclic) bond motifs is 5. The van der Waals surface area contributed by atoms with Gasteiger partial charge in [0.15, 0.2) is 11.0 Å². The lowest BCUT2D eigenvalue weighted by molar-refractivity contribution is -0.172. The Morgan fingerprint density at radius 3 is 2.69 bits per heavy atom. The average Bonchev–Trinajstić information content (AvgIpc) is 3.52. The largest absolute Gasteiger partial charge is 0.507 e. The summed E-state index contributed by atoms with van der Waals surface area (Å²) in [6.45, 7) is 7.45. The molecule has 2 fully saturated rings. The van der Waals surface area contributed by atoms with Crippen molar-refractivity contribution in [2.45, 2.75) is 75.9 Å². The standard InChI is InChI=1S/C45H47N7O7/c1-22-11-32(53)39-33(56-22)17-34-40(41(39)54)38-29-7-6-27(14-26(29)18-48-4)45(43(55)57-42(38)44(2,3)58-34)35(59-45)8-5-23-12-30(51-36(46)13-23)25-15-28(50-37(47)16-25)20-52-19-24-9-10-49-31(24)21-52/h6-7,9-13,15-17,21,26-27,29,35,38,42,48,54H,5,8,14,18-20H2,1-4H3,(H2,46,51)(H2,47,50). The second-order valence-electron chi connectivity index (χ2n) is 17.3. The molecule has 6 aliphatic heterocycles. The van der Waals surface area contributed by atoms with Crippen molar-refractivity contribution in [1.29, 1.82) is 0 Å². The van der Waals surface area contributed by atoms with Crippen LogP contribution in [0.25, 0.3) is 22.2 Å². The lowest BCUT2D eigenvalue weighted by Crippen LogP contribution is -2.54. The van der Waals surface area contributed by atoms with Gasteiger partial charge in [-0.2, -0.15) is 0 Å². The summed E-state index contributed by atoms with van der Waals surface area (Å²) in [5.41, 5.74) is 16.2. The lowest BCUT2D eigenvalue weighted by Gasteiger charge is -2.47. The molecule has 7 unspecified atom stereocenters. The Hall–Kier alpha value is -5.99. The third-order valence-electron chi connectivity index (χ3n) is 12.9. The SMILES string of the molecule is CNCC1CC2C=CC1C1c3c(cc4oc(C)cc(=O)c4c3O)OC(C)(C)C1OC(=O)C21OC1CCc1cc(N)nc(-c2cc(N)nc(CN3C=C4N=CC=C4C3)c2)c1. The van der Waals surface area contributed by atoms with Crippen molar-refractivity contribution in [2.24, 2.45) is 22.7 Å². The number of anilines is 2. The highest BCUT2D eigenvalue weighted by Crippen LogP contribution is 2.59. The molecule has 0 saturated carbocycles. The van der Waals surface area contributed by atoms with Gasteiger partial charge in [0.05, 0.1) is 29.7 Å². The second-order valence-corrected chi connectivity index (χ2v) is 17.3. The lowest BCUT2D eigenvalue weighted by atomic mass is 9.64. The Kier molecular flexibility index (Phi) is 8.55. The summed E-state index contributed by atoms with van der Waals surface area (Å²) in [4.78, 5) is 43.8. The van der Waals surface area contributed by atoms with Crippen LogP contribution in [-0.2, 0) is 27.2 Å². The van der Waals surface area contributed by atoms with E-state index in [-0.39, 0.29) is 39.9 Å². The summed E-state index contributed by atoms with van der Waals surface area (Å²) in [7, 11) is 1.91. The quantitative estimate of drug-likeness (QED) is 0.105.